The molecular formula is C12H17N5O2. The summed E-state index contributed by atoms with van der Waals surface area (Å²) >= 11 is 0. The molecule has 0 spiro atoms. The van der Waals surface area contributed by atoms with Crippen molar-refractivity contribution in [3.63, 3.8) is 0 Å². The zero-order valence-electron chi connectivity index (χ0n) is 11.2. The average Bonchev–Trinajstić information content (AvgIpc) is 2.90. The highest BCUT2D eigenvalue weighted by Gasteiger charge is 2.10. The zero-order valence-corrected chi connectivity index (χ0v) is 11.2. The molecule has 19 heavy (non-hydrogen) atoms. The highest BCUT2D eigenvalue weighted by molar-refractivity contribution is 5.36. The number of aromatic nitrogens is 3. The number of nitrogens with one attached hydrogen (secondary N) is 2. The molecule has 0 saturated carbocycles. The Morgan fingerprint density at radius 2 is 2.11 bits per heavy atom. The van der Waals surface area contributed by atoms with Crippen LogP contribution in [0.2, 0.25) is 0 Å². The van der Waals surface area contributed by atoms with E-state index in [1.807, 2.05) is 19.1 Å². The van der Waals surface area contributed by atoms with Crippen molar-refractivity contribution < 1.29 is 9.15 Å². The molecule has 0 amide bonds. The lowest BCUT2D eigenvalue weighted by molar-refractivity contribution is 0.379. The normalized spacial score (nSPS) is 11.9. The Hall–Kier alpha value is -2.31. The van der Waals surface area contributed by atoms with E-state index in [2.05, 4.69) is 25.6 Å². The fourth-order valence-corrected chi connectivity index (χ4v) is 1.63. The fraction of sp³-hybridized carbons (Fsp3) is 0.417. The lowest BCUT2D eigenvalue weighted by atomic mass is 10.2. The van der Waals surface area contributed by atoms with E-state index in [9.17, 15) is 0 Å². The summed E-state index contributed by atoms with van der Waals surface area (Å²) in [5, 5.41) is 6.05. The van der Waals surface area contributed by atoms with Gasteiger partial charge in [-0.2, -0.15) is 15.0 Å². The Labute approximate surface area is 111 Å². The summed E-state index contributed by atoms with van der Waals surface area (Å²) < 4.78 is 10.3. The number of hydrogen-bond donors (Lipinski definition) is 2. The van der Waals surface area contributed by atoms with Crippen molar-refractivity contribution in [2.24, 2.45) is 0 Å². The third-order valence-electron chi connectivity index (χ3n) is 2.48. The number of hydrogen-bond acceptors (Lipinski definition) is 7. The van der Waals surface area contributed by atoms with Crippen molar-refractivity contribution in [1.29, 1.82) is 0 Å². The lowest BCUT2D eigenvalue weighted by Gasteiger charge is -2.13. The lowest BCUT2D eigenvalue weighted by Crippen LogP contribution is -2.20. The van der Waals surface area contributed by atoms with Gasteiger partial charge in [-0.1, -0.05) is 0 Å². The van der Waals surface area contributed by atoms with E-state index in [1.165, 1.54) is 7.11 Å². The molecule has 102 valence electrons. The first-order chi connectivity index (χ1) is 9.21. The number of nitrogens with zero attached hydrogens (tertiary/aromatic N) is 3. The molecule has 2 aromatic heterocycles. The summed E-state index contributed by atoms with van der Waals surface area (Å²) in [5.74, 6) is 1.84. The predicted molar refractivity (Wildman–Crippen MR) is 71.4 cm³/mol. The molecule has 0 saturated heterocycles. The minimum atomic E-state index is 0.128. The van der Waals surface area contributed by atoms with Gasteiger partial charge >= 0.3 is 6.01 Å². The van der Waals surface area contributed by atoms with E-state index in [4.69, 9.17) is 9.15 Å². The molecule has 0 aliphatic rings. The van der Waals surface area contributed by atoms with Crippen LogP contribution in [0.25, 0.3) is 0 Å². The summed E-state index contributed by atoms with van der Waals surface area (Å²) in [6.07, 6.45) is 2.41. The van der Waals surface area contributed by atoms with E-state index < -0.39 is 0 Å². The maximum atomic E-state index is 5.30. The molecule has 7 nitrogen and oxygen atoms in total. The maximum absolute atomic E-state index is 5.30. The molecule has 0 radical (unpaired) electrons. The minimum Gasteiger partial charge on any atom is -0.469 e. The molecule has 2 heterocycles. The Morgan fingerprint density at radius 3 is 2.74 bits per heavy atom. The highest BCUT2D eigenvalue weighted by Crippen LogP contribution is 2.12. The molecule has 1 atom stereocenters. The van der Waals surface area contributed by atoms with E-state index >= 15 is 0 Å². The van der Waals surface area contributed by atoms with Crippen molar-refractivity contribution in [1.82, 2.24) is 15.0 Å². The van der Waals surface area contributed by atoms with Gasteiger partial charge < -0.3 is 19.8 Å². The summed E-state index contributed by atoms with van der Waals surface area (Å²) in [7, 11) is 3.26. The Kier molecular flexibility index (Phi) is 4.17. The largest absolute Gasteiger partial charge is 0.469 e. The van der Waals surface area contributed by atoms with Gasteiger partial charge in [0.05, 0.1) is 13.4 Å². The number of rotatable bonds is 6. The first-order valence-electron chi connectivity index (χ1n) is 5.98. The number of anilines is 2. The monoisotopic (exact) mass is 263 g/mol. The van der Waals surface area contributed by atoms with Gasteiger partial charge in [-0.3, -0.25) is 0 Å². The minimum absolute atomic E-state index is 0.128. The second-order valence-corrected chi connectivity index (χ2v) is 4.05. The van der Waals surface area contributed by atoms with Gasteiger partial charge in [0.25, 0.3) is 0 Å². The Balaban J connectivity index is 2.05. The standard InChI is InChI=1S/C12H17N5O2/c1-8(7-9-5-4-6-19-9)14-11-15-10(13-2)16-12(17-11)18-3/h4-6,8H,7H2,1-3H3,(H2,13,14,15,16,17). The maximum Gasteiger partial charge on any atom is 0.322 e. The second-order valence-electron chi connectivity index (χ2n) is 4.05. The molecule has 0 aliphatic heterocycles. The molecule has 2 rings (SSSR count). The summed E-state index contributed by atoms with van der Waals surface area (Å²) in [6, 6.07) is 4.20. The third-order valence-corrected chi connectivity index (χ3v) is 2.48. The van der Waals surface area contributed by atoms with Crippen LogP contribution in [-0.2, 0) is 6.42 Å². The quantitative estimate of drug-likeness (QED) is 0.818. The van der Waals surface area contributed by atoms with Crippen molar-refractivity contribution >= 4 is 11.9 Å². The molecule has 2 aromatic rings. The molecule has 0 aliphatic carbocycles. The second kappa shape index (κ2) is 6.03. The Bertz CT molecular complexity index is 493. The smallest absolute Gasteiger partial charge is 0.322 e. The molecule has 0 aromatic carbocycles. The van der Waals surface area contributed by atoms with Crippen LogP contribution in [0.4, 0.5) is 11.9 Å². The molecule has 2 N–H and O–H groups in total. The van der Waals surface area contributed by atoms with Gasteiger partial charge in [0.2, 0.25) is 11.9 Å². The molecule has 0 bridgehead atoms. The van der Waals surface area contributed by atoms with Crippen LogP contribution in [0.5, 0.6) is 6.01 Å². The van der Waals surface area contributed by atoms with Gasteiger partial charge in [-0.25, -0.2) is 0 Å². The molecule has 0 fully saturated rings. The van der Waals surface area contributed by atoms with Crippen molar-refractivity contribution in [2.75, 3.05) is 24.8 Å². The van der Waals surface area contributed by atoms with Crippen molar-refractivity contribution in [2.45, 2.75) is 19.4 Å². The van der Waals surface area contributed by atoms with Crippen molar-refractivity contribution in [3.8, 4) is 6.01 Å². The average molecular weight is 263 g/mol. The SMILES string of the molecule is CNc1nc(NC(C)Cc2ccco2)nc(OC)n1. The number of methoxy groups -OCH3 is 1. The van der Waals surface area contributed by atoms with Gasteiger partial charge in [-0.05, 0) is 19.1 Å². The summed E-state index contributed by atoms with van der Waals surface area (Å²) in [6.45, 7) is 2.03. The fourth-order valence-electron chi connectivity index (χ4n) is 1.63. The van der Waals surface area contributed by atoms with E-state index in [1.54, 1.807) is 13.3 Å². The van der Waals surface area contributed by atoms with E-state index in [0.29, 0.717) is 11.9 Å². The van der Waals surface area contributed by atoms with E-state index in [-0.39, 0.29) is 12.1 Å². The zero-order chi connectivity index (χ0) is 13.7. The van der Waals surface area contributed by atoms with Crippen molar-refractivity contribution in [3.05, 3.63) is 24.2 Å². The van der Waals surface area contributed by atoms with E-state index in [0.717, 1.165) is 12.2 Å². The van der Waals surface area contributed by atoms with Gasteiger partial charge in [-0.15, -0.1) is 0 Å². The topological polar surface area (TPSA) is 85.1 Å². The number of ether oxygens (including phenoxy) is 1. The van der Waals surface area contributed by atoms with Crippen LogP contribution in [-0.4, -0.2) is 35.2 Å². The highest BCUT2D eigenvalue weighted by atomic mass is 16.5. The van der Waals surface area contributed by atoms with Crippen LogP contribution in [0.15, 0.2) is 22.8 Å². The molecule has 7 heteroatoms. The summed E-state index contributed by atoms with van der Waals surface area (Å²) in [4.78, 5) is 12.4. The third kappa shape index (κ3) is 3.57. The van der Waals surface area contributed by atoms with Crippen LogP contribution < -0.4 is 15.4 Å². The van der Waals surface area contributed by atoms with Gasteiger partial charge in [0.15, 0.2) is 0 Å². The predicted octanol–water partition coefficient (Wildman–Crippen LogP) is 1.56. The number of furan rings is 1. The van der Waals surface area contributed by atoms with Crippen LogP contribution >= 0.6 is 0 Å². The summed E-state index contributed by atoms with van der Waals surface area (Å²) in [5.41, 5.74) is 0. The van der Waals surface area contributed by atoms with Crippen LogP contribution in [0.1, 0.15) is 12.7 Å². The van der Waals surface area contributed by atoms with Gasteiger partial charge in [0.1, 0.15) is 5.76 Å². The van der Waals surface area contributed by atoms with Crippen LogP contribution in [0, 0.1) is 0 Å². The molecule has 1 unspecified atom stereocenters. The van der Waals surface area contributed by atoms with Crippen LogP contribution in [0.3, 0.4) is 0 Å². The molecular weight excluding hydrogens is 246 g/mol. The van der Waals surface area contributed by atoms with Gasteiger partial charge in [0, 0.05) is 19.5 Å². The first-order valence-corrected chi connectivity index (χ1v) is 5.98. The first kappa shape index (κ1) is 13.1. The Morgan fingerprint density at radius 1 is 1.32 bits per heavy atom.